The summed E-state index contributed by atoms with van der Waals surface area (Å²) in [7, 11) is 1.39. The molecule has 4 nitrogen and oxygen atoms in total. The van der Waals surface area contributed by atoms with Crippen LogP contribution in [0.5, 0.6) is 0 Å². The van der Waals surface area contributed by atoms with Crippen LogP contribution >= 0.6 is 0 Å². The van der Waals surface area contributed by atoms with E-state index in [2.05, 4.69) is 16.5 Å². The molecule has 3 aromatic rings. The van der Waals surface area contributed by atoms with Gasteiger partial charge in [-0.25, -0.2) is 9.18 Å². The predicted molar refractivity (Wildman–Crippen MR) is 97.4 cm³/mol. The summed E-state index contributed by atoms with van der Waals surface area (Å²) >= 11 is 0. The molecule has 132 valence electrons. The smallest absolute Gasteiger partial charge is 0.355 e. The van der Waals surface area contributed by atoms with Crippen molar-refractivity contribution < 1.29 is 13.9 Å². The zero-order chi connectivity index (χ0) is 18.3. The highest BCUT2D eigenvalue weighted by atomic mass is 19.1. The molecular weight excluding hydrogens is 331 g/mol. The van der Waals surface area contributed by atoms with Crippen molar-refractivity contribution in [2.24, 2.45) is 0 Å². The molecule has 0 bridgehead atoms. The number of fused-ring (bicyclic) bond motifs is 1. The fourth-order valence-electron chi connectivity index (χ4n) is 3.86. The van der Waals surface area contributed by atoms with Crippen molar-refractivity contribution >= 4 is 5.97 Å². The van der Waals surface area contributed by atoms with Gasteiger partial charge in [0.25, 0.3) is 0 Å². The lowest BCUT2D eigenvalue weighted by molar-refractivity contribution is 0.0590. The number of rotatable bonds is 3. The number of benzene rings is 1. The summed E-state index contributed by atoms with van der Waals surface area (Å²) in [6.07, 6.45) is 4.46. The van der Waals surface area contributed by atoms with Crippen LogP contribution in [-0.4, -0.2) is 22.6 Å². The predicted octanol–water partition coefficient (Wildman–Crippen LogP) is 4.65. The van der Waals surface area contributed by atoms with Gasteiger partial charge in [0, 0.05) is 35.8 Å². The maximum Gasteiger partial charge on any atom is 0.355 e. The van der Waals surface area contributed by atoms with E-state index in [1.807, 2.05) is 12.1 Å². The van der Waals surface area contributed by atoms with Crippen molar-refractivity contribution in [1.82, 2.24) is 9.55 Å². The highest BCUT2D eigenvalue weighted by Crippen LogP contribution is 2.46. The molecule has 1 atom stereocenters. The molecule has 1 unspecified atom stereocenters. The number of halogens is 1. The first kappa shape index (κ1) is 16.5. The molecule has 3 heterocycles. The molecular formula is C21H19FN2O2. The zero-order valence-corrected chi connectivity index (χ0v) is 14.7. The van der Waals surface area contributed by atoms with Gasteiger partial charge in [0.05, 0.1) is 7.11 Å². The van der Waals surface area contributed by atoms with Crippen molar-refractivity contribution in [3.8, 4) is 22.3 Å². The van der Waals surface area contributed by atoms with E-state index in [1.54, 1.807) is 24.5 Å². The van der Waals surface area contributed by atoms with Crippen molar-refractivity contribution in [3.63, 3.8) is 0 Å². The van der Waals surface area contributed by atoms with Crippen LogP contribution in [0.4, 0.5) is 4.39 Å². The molecule has 1 aliphatic rings. The maximum absolute atomic E-state index is 13.5. The Labute approximate surface area is 151 Å². The third-order valence-electron chi connectivity index (χ3n) is 5.04. The molecule has 0 aliphatic carbocycles. The van der Waals surface area contributed by atoms with Crippen LogP contribution in [0, 0.1) is 5.82 Å². The van der Waals surface area contributed by atoms with Gasteiger partial charge in [-0.1, -0.05) is 19.1 Å². The fourth-order valence-corrected chi connectivity index (χ4v) is 3.86. The van der Waals surface area contributed by atoms with E-state index in [1.165, 1.54) is 19.2 Å². The van der Waals surface area contributed by atoms with Crippen LogP contribution in [0.3, 0.4) is 0 Å². The van der Waals surface area contributed by atoms with E-state index in [0.717, 1.165) is 40.9 Å². The molecule has 1 aromatic carbocycles. The molecule has 0 saturated carbocycles. The second-order valence-corrected chi connectivity index (χ2v) is 6.56. The minimum Gasteiger partial charge on any atom is -0.464 e. The van der Waals surface area contributed by atoms with Crippen LogP contribution in [0.25, 0.3) is 22.3 Å². The van der Waals surface area contributed by atoms with Gasteiger partial charge in [0.15, 0.2) is 0 Å². The van der Waals surface area contributed by atoms with E-state index in [0.29, 0.717) is 11.6 Å². The Morgan fingerprint density at radius 1 is 1.12 bits per heavy atom. The summed E-state index contributed by atoms with van der Waals surface area (Å²) in [6.45, 7) is 2.93. The second kappa shape index (κ2) is 6.41. The number of carbonyl (C=O) groups excluding carboxylic acids is 1. The molecule has 0 saturated heterocycles. The number of carbonyl (C=O) groups is 1. The van der Waals surface area contributed by atoms with E-state index >= 15 is 0 Å². The molecule has 5 heteroatoms. The summed E-state index contributed by atoms with van der Waals surface area (Å²) in [6, 6.07) is 10.1. The average Bonchev–Trinajstić information content (AvgIpc) is 3.20. The van der Waals surface area contributed by atoms with Gasteiger partial charge in [-0.3, -0.25) is 4.98 Å². The molecule has 0 spiro atoms. The number of ether oxygens (including phenoxy) is 1. The van der Waals surface area contributed by atoms with Gasteiger partial charge in [-0.15, -0.1) is 0 Å². The van der Waals surface area contributed by atoms with Crippen LogP contribution in [0.1, 0.15) is 35.4 Å². The molecule has 0 amide bonds. The molecule has 1 aliphatic heterocycles. The van der Waals surface area contributed by atoms with Crippen molar-refractivity contribution in [3.05, 3.63) is 66.0 Å². The lowest BCUT2D eigenvalue weighted by Crippen LogP contribution is -2.10. The second-order valence-electron chi connectivity index (χ2n) is 6.56. The minimum absolute atomic E-state index is 0.307. The van der Waals surface area contributed by atoms with E-state index in [-0.39, 0.29) is 11.8 Å². The number of pyridine rings is 1. The molecule has 0 N–H and O–H groups in total. The maximum atomic E-state index is 13.5. The van der Waals surface area contributed by atoms with Gasteiger partial charge < -0.3 is 9.30 Å². The summed E-state index contributed by atoms with van der Waals surface area (Å²) in [5.74, 6) is -0.366. The Balaban J connectivity index is 2.09. The number of nitrogens with zero attached hydrogens (tertiary/aromatic N) is 2. The topological polar surface area (TPSA) is 44.1 Å². The number of hydrogen-bond acceptors (Lipinski definition) is 3. The highest BCUT2D eigenvalue weighted by molar-refractivity contribution is 6.03. The van der Waals surface area contributed by atoms with Crippen molar-refractivity contribution in [2.45, 2.75) is 25.8 Å². The Morgan fingerprint density at radius 2 is 1.77 bits per heavy atom. The molecule has 0 fully saturated rings. The lowest BCUT2D eigenvalue weighted by atomic mass is 9.91. The standard InChI is InChI=1S/C21H19FN2O2/c1-13-9-12-24-19(13)17(15-7-10-23-11-8-15)18(20(24)21(25)26-2)14-3-5-16(22)6-4-14/h3-8,10-11,13H,9,12H2,1-2H3. The molecule has 4 rings (SSSR count). The van der Waals surface area contributed by atoms with E-state index in [9.17, 15) is 9.18 Å². The summed E-state index contributed by atoms with van der Waals surface area (Å²) in [5, 5.41) is 0. The Kier molecular flexibility index (Phi) is 4.07. The van der Waals surface area contributed by atoms with Gasteiger partial charge in [-0.2, -0.15) is 0 Å². The SMILES string of the molecule is COC(=O)c1c(-c2ccc(F)cc2)c(-c2ccncc2)c2n1CCC2C. The normalized spacial score (nSPS) is 15.7. The number of esters is 1. The van der Waals surface area contributed by atoms with Gasteiger partial charge in [-0.05, 0) is 47.7 Å². The third-order valence-corrected chi connectivity index (χ3v) is 5.04. The summed E-state index contributed by atoms with van der Waals surface area (Å²) in [5.41, 5.74) is 5.25. The van der Waals surface area contributed by atoms with Gasteiger partial charge >= 0.3 is 5.97 Å². The average molecular weight is 350 g/mol. The Morgan fingerprint density at radius 3 is 2.42 bits per heavy atom. The first-order chi connectivity index (χ1) is 12.6. The quantitative estimate of drug-likeness (QED) is 0.646. The summed E-state index contributed by atoms with van der Waals surface area (Å²) in [4.78, 5) is 16.8. The van der Waals surface area contributed by atoms with Crippen molar-refractivity contribution in [2.75, 3.05) is 7.11 Å². The monoisotopic (exact) mass is 350 g/mol. The largest absolute Gasteiger partial charge is 0.464 e. The lowest BCUT2D eigenvalue weighted by Gasteiger charge is -2.11. The van der Waals surface area contributed by atoms with Crippen molar-refractivity contribution in [1.29, 1.82) is 0 Å². The first-order valence-electron chi connectivity index (χ1n) is 8.62. The minimum atomic E-state index is -0.375. The molecule has 26 heavy (non-hydrogen) atoms. The Bertz CT molecular complexity index is 962. The van der Waals surface area contributed by atoms with Gasteiger partial charge in [0.2, 0.25) is 0 Å². The number of aromatic nitrogens is 2. The van der Waals surface area contributed by atoms with E-state index < -0.39 is 0 Å². The number of hydrogen-bond donors (Lipinski definition) is 0. The summed E-state index contributed by atoms with van der Waals surface area (Å²) < 4.78 is 20.6. The molecule has 0 radical (unpaired) electrons. The Hall–Kier alpha value is -2.95. The zero-order valence-electron chi connectivity index (χ0n) is 14.7. The number of methoxy groups -OCH3 is 1. The first-order valence-corrected chi connectivity index (χ1v) is 8.62. The third kappa shape index (κ3) is 2.51. The van der Waals surface area contributed by atoms with Crippen LogP contribution in [-0.2, 0) is 11.3 Å². The highest BCUT2D eigenvalue weighted by Gasteiger charge is 2.34. The van der Waals surface area contributed by atoms with Crippen LogP contribution < -0.4 is 0 Å². The van der Waals surface area contributed by atoms with E-state index in [4.69, 9.17) is 4.74 Å². The van der Waals surface area contributed by atoms with Crippen LogP contribution in [0.15, 0.2) is 48.8 Å². The van der Waals surface area contributed by atoms with Gasteiger partial charge in [0.1, 0.15) is 11.5 Å². The molecule has 2 aromatic heterocycles. The van der Waals surface area contributed by atoms with Crippen LogP contribution in [0.2, 0.25) is 0 Å². The fraction of sp³-hybridized carbons (Fsp3) is 0.238.